The molecule has 27 heavy (non-hydrogen) atoms. The van der Waals surface area contributed by atoms with Gasteiger partial charge >= 0.3 is 0 Å². The van der Waals surface area contributed by atoms with Gasteiger partial charge in [0.05, 0.1) is 23.6 Å². The Morgan fingerprint density at radius 1 is 1.22 bits per heavy atom. The van der Waals surface area contributed by atoms with Crippen LogP contribution in [0.2, 0.25) is 0 Å². The maximum Gasteiger partial charge on any atom is 0.254 e. The molecule has 1 aliphatic heterocycles. The van der Waals surface area contributed by atoms with Gasteiger partial charge in [0.15, 0.2) is 0 Å². The van der Waals surface area contributed by atoms with Gasteiger partial charge in [0.2, 0.25) is 10.0 Å². The van der Waals surface area contributed by atoms with Crippen LogP contribution in [0.3, 0.4) is 0 Å². The first-order valence-corrected chi connectivity index (χ1v) is 11.4. The summed E-state index contributed by atoms with van der Waals surface area (Å²) in [5.74, 6) is -0.0915. The summed E-state index contributed by atoms with van der Waals surface area (Å²) in [5, 5.41) is 0. The highest BCUT2D eigenvalue weighted by Gasteiger charge is 2.37. The number of sulfonamides is 1. The second kappa shape index (κ2) is 8.29. The van der Waals surface area contributed by atoms with Crippen molar-refractivity contribution < 1.29 is 17.9 Å². The molecule has 1 aromatic rings. The van der Waals surface area contributed by atoms with Crippen molar-refractivity contribution in [2.45, 2.75) is 63.5 Å². The molecular formula is C20H30N2O4S. The van der Waals surface area contributed by atoms with Crippen LogP contribution in [-0.2, 0) is 14.8 Å². The second-order valence-corrected chi connectivity index (χ2v) is 9.24. The Labute approximate surface area is 162 Å². The van der Waals surface area contributed by atoms with Crippen LogP contribution < -0.4 is 0 Å². The molecule has 0 bridgehead atoms. The zero-order valence-corrected chi connectivity index (χ0v) is 17.3. The first-order valence-electron chi connectivity index (χ1n) is 9.93. The number of nitrogens with zero attached hydrogens (tertiary/aromatic N) is 2. The molecule has 1 aliphatic carbocycles. The lowest BCUT2D eigenvalue weighted by Gasteiger charge is -2.43. The average Bonchev–Trinajstić information content (AvgIpc) is 2.68. The number of carbonyl (C=O) groups excluding carboxylic acids is 1. The van der Waals surface area contributed by atoms with Crippen molar-refractivity contribution in [3.05, 3.63) is 29.3 Å². The quantitative estimate of drug-likeness (QED) is 0.770. The van der Waals surface area contributed by atoms with Crippen LogP contribution in [0.5, 0.6) is 0 Å². The number of rotatable bonds is 5. The summed E-state index contributed by atoms with van der Waals surface area (Å²) in [4.78, 5) is 15.3. The highest BCUT2D eigenvalue weighted by atomic mass is 32.2. The van der Waals surface area contributed by atoms with Crippen LogP contribution in [0.1, 0.15) is 55.5 Å². The Balaban J connectivity index is 1.92. The molecular weight excluding hydrogens is 364 g/mol. The average molecular weight is 395 g/mol. The van der Waals surface area contributed by atoms with Crippen molar-refractivity contribution in [3.8, 4) is 0 Å². The molecule has 3 rings (SSSR count). The van der Waals surface area contributed by atoms with E-state index in [1.807, 2.05) is 18.7 Å². The normalized spacial score (nSPS) is 23.3. The third-order valence-corrected chi connectivity index (χ3v) is 7.94. The maximum absolute atomic E-state index is 13.2. The van der Waals surface area contributed by atoms with Crippen LogP contribution in [0.15, 0.2) is 23.1 Å². The number of benzene rings is 1. The van der Waals surface area contributed by atoms with Gasteiger partial charge in [-0.2, -0.15) is 4.31 Å². The summed E-state index contributed by atoms with van der Waals surface area (Å²) >= 11 is 0. The minimum absolute atomic E-state index is 0.0915. The number of hydrogen-bond donors (Lipinski definition) is 0. The van der Waals surface area contributed by atoms with Gasteiger partial charge in [-0.25, -0.2) is 8.42 Å². The molecule has 2 unspecified atom stereocenters. The van der Waals surface area contributed by atoms with E-state index in [4.69, 9.17) is 4.74 Å². The van der Waals surface area contributed by atoms with Crippen molar-refractivity contribution in [1.82, 2.24) is 9.21 Å². The van der Waals surface area contributed by atoms with Gasteiger partial charge < -0.3 is 9.64 Å². The minimum Gasteiger partial charge on any atom is -0.374 e. The molecule has 0 N–H and O–H groups in total. The zero-order valence-electron chi connectivity index (χ0n) is 16.5. The summed E-state index contributed by atoms with van der Waals surface area (Å²) in [6, 6.07) is 5.14. The van der Waals surface area contributed by atoms with Gasteiger partial charge in [-0.3, -0.25) is 4.79 Å². The summed E-state index contributed by atoms with van der Waals surface area (Å²) in [5.41, 5.74) is 1.11. The highest BCUT2D eigenvalue weighted by Crippen LogP contribution is 2.30. The lowest BCUT2D eigenvalue weighted by Crippen LogP contribution is -2.54. The van der Waals surface area contributed by atoms with E-state index in [0.29, 0.717) is 37.4 Å². The fourth-order valence-electron chi connectivity index (χ4n) is 4.23. The summed E-state index contributed by atoms with van der Waals surface area (Å²) in [6.45, 7) is 7.34. The van der Waals surface area contributed by atoms with E-state index < -0.39 is 10.0 Å². The van der Waals surface area contributed by atoms with Crippen LogP contribution >= 0.6 is 0 Å². The predicted octanol–water partition coefficient (Wildman–Crippen LogP) is 2.81. The lowest BCUT2D eigenvalue weighted by atomic mass is 9.89. The Morgan fingerprint density at radius 3 is 2.63 bits per heavy atom. The molecule has 6 nitrogen and oxygen atoms in total. The van der Waals surface area contributed by atoms with Crippen LogP contribution in [0.25, 0.3) is 0 Å². The Hall–Kier alpha value is -1.44. The van der Waals surface area contributed by atoms with Crippen molar-refractivity contribution in [2.75, 3.05) is 26.2 Å². The first kappa shape index (κ1) is 20.3. The van der Waals surface area contributed by atoms with Gasteiger partial charge in [0.25, 0.3) is 5.91 Å². The first-order chi connectivity index (χ1) is 12.9. The SMILES string of the molecule is CCN(CC)S(=O)(=O)c1cc(C(=O)N2CCOC3CCCCC32)ccc1C. The number of fused-ring (bicyclic) bond motifs is 1. The second-order valence-electron chi connectivity index (χ2n) is 7.33. The van der Waals surface area contributed by atoms with Gasteiger partial charge in [-0.05, 0) is 37.5 Å². The standard InChI is InChI=1S/C20H30N2O4S/c1-4-21(5-2)27(24,25)19-14-16(11-10-15(19)3)20(23)22-12-13-26-18-9-7-6-8-17(18)22/h10-11,14,17-18H,4-9,12-13H2,1-3H3. The third kappa shape index (κ3) is 3.91. The summed E-state index contributed by atoms with van der Waals surface area (Å²) in [7, 11) is -3.60. The molecule has 7 heteroatoms. The molecule has 2 atom stereocenters. The van der Waals surface area contributed by atoms with Crippen molar-refractivity contribution in [2.24, 2.45) is 0 Å². The highest BCUT2D eigenvalue weighted by molar-refractivity contribution is 7.89. The largest absolute Gasteiger partial charge is 0.374 e. The van der Waals surface area contributed by atoms with Gasteiger partial charge in [0.1, 0.15) is 0 Å². The van der Waals surface area contributed by atoms with E-state index >= 15 is 0 Å². The Kier molecular flexibility index (Phi) is 6.23. The van der Waals surface area contributed by atoms with Crippen LogP contribution in [-0.4, -0.2) is 61.9 Å². The summed E-state index contributed by atoms with van der Waals surface area (Å²) < 4.78 is 33.2. The monoisotopic (exact) mass is 394 g/mol. The van der Waals surface area contributed by atoms with E-state index in [-0.39, 0.29) is 22.9 Å². The topological polar surface area (TPSA) is 66.9 Å². The van der Waals surface area contributed by atoms with Crippen molar-refractivity contribution in [1.29, 1.82) is 0 Å². The number of carbonyl (C=O) groups is 1. The zero-order chi connectivity index (χ0) is 19.6. The molecule has 0 radical (unpaired) electrons. The van der Waals surface area contributed by atoms with Crippen LogP contribution in [0.4, 0.5) is 0 Å². The van der Waals surface area contributed by atoms with Crippen molar-refractivity contribution in [3.63, 3.8) is 0 Å². The molecule has 0 spiro atoms. The molecule has 2 aliphatic rings. The van der Waals surface area contributed by atoms with Gasteiger partial charge in [0, 0.05) is 25.2 Å². The van der Waals surface area contributed by atoms with Gasteiger partial charge in [-0.1, -0.05) is 32.8 Å². The lowest BCUT2D eigenvalue weighted by molar-refractivity contribution is -0.0752. The van der Waals surface area contributed by atoms with Gasteiger partial charge in [-0.15, -0.1) is 0 Å². The number of amides is 1. The number of morpholine rings is 1. The molecule has 1 saturated carbocycles. The molecule has 0 aromatic heterocycles. The van der Waals surface area contributed by atoms with E-state index in [2.05, 4.69) is 0 Å². The third-order valence-electron chi connectivity index (χ3n) is 5.75. The number of hydrogen-bond acceptors (Lipinski definition) is 4. The number of aryl methyl sites for hydroxylation is 1. The molecule has 1 amide bonds. The fourth-order valence-corrected chi connectivity index (χ4v) is 5.94. The molecule has 1 aromatic carbocycles. The van der Waals surface area contributed by atoms with Crippen molar-refractivity contribution >= 4 is 15.9 Å². The van der Waals surface area contributed by atoms with Crippen LogP contribution in [0, 0.1) is 6.92 Å². The maximum atomic E-state index is 13.2. The fraction of sp³-hybridized carbons (Fsp3) is 0.650. The predicted molar refractivity (Wildman–Crippen MR) is 104 cm³/mol. The summed E-state index contributed by atoms with van der Waals surface area (Å²) in [6.07, 6.45) is 4.29. The van der Waals surface area contributed by atoms with E-state index in [1.54, 1.807) is 25.1 Å². The smallest absolute Gasteiger partial charge is 0.254 e. The number of ether oxygens (including phenoxy) is 1. The Bertz CT molecular complexity index is 787. The molecule has 1 saturated heterocycles. The molecule has 150 valence electrons. The van der Waals surface area contributed by atoms with E-state index in [1.165, 1.54) is 4.31 Å². The van der Waals surface area contributed by atoms with E-state index in [0.717, 1.165) is 25.7 Å². The Morgan fingerprint density at radius 2 is 1.93 bits per heavy atom. The minimum atomic E-state index is -3.60. The van der Waals surface area contributed by atoms with E-state index in [9.17, 15) is 13.2 Å². The molecule has 2 fully saturated rings. The molecule has 1 heterocycles.